The lowest BCUT2D eigenvalue weighted by Gasteiger charge is -2.20. The van der Waals surface area contributed by atoms with Gasteiger partial charge in [-0.1, -0.05) is 33.1 Å². The van der Waals surface area contributed by atoms with Gasteiger partial charge in [0.1, 0.15) is 0 Å². The SMILES string of the molecule is CCCCC[C@@H](CP(=O)(CC)OC)OC. The molecule has 0 heterocycles. The van der Waals surface area contributed by atoms with Gasteiger partial charge in [0.15, 0.2) is 0 Å². The molecular weight excluding hydrogens is 211 g/mol. The van der Waals surface area contributed by atoms with Crippen LogP contribution in [0.5, 0.6) is 0 Å². The number of rotatable bonds is 9. The summed E-state index contributed by atoms with van der Waals surface area (Å²) in [6.45, 7) is 4.08. The number of hydrogen-bond acceptors (Lipinski definition) is 3. The van der Waals surface area contributed by atoms with Gasteiger partial charge >= 0.3 is 0 Å². The van der Waals surface area contributed by atoms with Gasteiger partial charge in [0, 0.05) is 20.4 Å². The molecule has 0 aromatic heterocycles. The Morgan fingerprint density at radius 2 is 1.87 bits per heavy atom. The second-order valence-electron chi connectivity index (χ2n) is 3.85. The van der Waals surface area contributed by atoms with E-state index in [2.05, 4.69) is 6.92 Å². The van der Waals surface area contributed by atoms with Crippen LogP contribution in [0.2, 0.25) is 0 Å². The molecule has 3 nitrogen and oxygen atoms in total. The molecule has 0 amide bonds. The van der Waals surface area contributed by atoms with Crippen molar-refractivity contribution in [3.63, 3.8) is 0 Å². The Morgan fingerprint density at radius 1 is 1.20 bits per heavy atom. The van der Waals surface area contributed by atoms with E-state index in [1.807, 2.05) is 6.92 Å². The van der Waals surface area contributed by atoms with E-state index in [4.69, 9.17) is 9.26 Å². The Balaban J connectivity index is 4.01. The number of methoxy groups -OCH3 is 1. The standard InChI is InChI=1S/C11H25O3P/c1-5-7-8-9-11(13-3)10-15(12,6-2)14-4/h11H,5-10H2,1-4H3/t11-,15?/m0/s1. The first-order valence-electron chi connectivity index (χ1n) is 5.78. The lowest BCUT2D eigenvalue weighted by molar-refractivity contribution is 0.108. The third-order valence-electron chi connectivity index (χ3n) is 2.76. The zero-order chi connectivity index (χ0) is 11.7. The molecule has 0 spiro atoms. The Hall–Kier alpha value is 0.150. The average Bonchev–Trinajstić information content (AvgIpc) is 2.27. The van der Waals surface area contributed by atoms with Crippen molar-refractivity contribution < 1.29 is 13.8 Å². The van der Waals surface area contributed by atoms with E-state index in [-0.39, 0.29) is 6.10 Å². The Labute approximate surface area is 94.0 Å². The highest BCUT2D eigenvalue weighted by atomic mass is 31.2. The van der Waals surface area contributed by atoms with Gasteiger partial charge in [-0.3, -0.25) is 4.57 Å². The maximum absolute atomic E-state index is 12.1. The van der Waals surface area contributed by atoms with Gasteiger partial charge in [0.2, 0.25) is 7.37 Å². The lowest BCUT2D eigenvalue weighted by Crippen LogP contribution is -2.17. The summed E-state index contributed by atoms with van der Waals surface area (Å²) in [5.74, 6) is 0. The molecular formula is C11H25O3P. The van der Waals surface area contributed by atoms with Crippen LogP contribution in [-0.4, -0.2) is 32.6 Å². The van der Waals surface area contributed by atoms with E-state index in [1.165, 1.54) is 20.0 Å². The number of hydrogen-bond donors (Lipinski definition) is 0. The van der Waals surface area contributed by atoms with E-state index in [0.29, 0.717) is 12.3 Å². The summed E-state index contributed by atoms with van der Waals surface area (Å²) in [4.78, 5) is 0. The lowest BCUT2D eigenvalue weighted by atomic mass is 10.1. The van der Waals surface area contributed by atoms with Crippen LogP contribution in [-0.2, 0) is 13.8 Å². The Morgan fingerprint density at radius 3 is 2.27 bits per heavy atom. The first-order chi connectivity index (χ1) is 7.11. The fourth-order valence-electron chi connectivity index (χ4n) is 1.55. The van der Waals surface area contributed by atoms with Crippen LogP contribution >= 0.6 is 7.37 Å². The average molecular weight is 236 g/mol. The predicted octanol–water partition coefficient (Wildman–Crippen LogP) is 3.53. The molecule has 0 fully saturated rings. The summed E-state index contributed by atoms with van der Waals surface area (Å²) in [7, 11) is 0.790. The fraction of sp³-hybridized carbons (Fsp3) is 1.00. The van der Waals surface area contributed by atoms with Crippen molar-refractivity contribution in [2.24, 2.45) is 0 Å². The quantitative estimate of drug-likeness (QED) is 0.454. The smallest absolute Gasteiger partial charge is 0.205 e. The highest BCUT2D eigenvalue weighted by molar-refractivity contribution is 7.58. The van der Waals surface area contributed by atoms with Gasteiger partial charge in [0.25, 0.3) is 0 Å². The fourth-order valence-corrected chi connectivity index (χ4v) is 3.17. The van der Waals surface area contributed by atoms with Crippen LogP contribution in [0.25, 0.3) is 0 Å². The van der Waals surface area contributed by atoms with Gasteiger partial charge in [0.05, 0.1) is 12.3 Å². The van der Waals surface area contributed by atoms with Crippen molar-refractivity contribution in [2.45, 2.75) is 45.6 Å². The molecule has 0 rings (SSSR count). The molecule has 2 atom stereocenters. The van der Waals surface area contributed by atoms with Crippen LogP contribution < -0.4 is 0 Å². The molecule has 0 aliphatic carbocycles. The zero-order valence-electron chi connectivity index (χ0n) is 10.5. The molecule has 0 aromatic rings. The minimum Gasteiger partial charge on any atom is -0.381 e. The molecule has 0 saturated carbocycles. The van der Waals surface area contributed by atoms with Crippen LogP contribution in [0.1, 0.15) is 39.5 Å². The van der Waals surface area contributed by atoms with Crippen molar-refractivity contribution in [3.05, 3.63) is 0 Å². The summed E-state index contributed by atoms with van der Waals surface area (Å²) in [5, 5.41) is 0. The van der Waals surface area contributed by atoms with Gasteiger partial charge in [-0.2, -0.15) is 0 Å². The van der Waals surface area contributed by atoms with Crippen LogP contribution in [0, 0.1) is 0 Å². The molecule has 0 N–H and O–H groups in total. The second-order valence-corrected chi connectivity index (χ2v) is 6.84. The van der Waals surface area contributed by atoms with Gasteiger partial charge in [-0.05, 0) is 6.42 Å². The maximum atomic E-state index is 12.1. The van der Waals surface area contributed by atoms with Crippen molar-refractivity contribution >= 4 is 7.37 Å². The van der Waals surface area contributed by atoms with E-state index >= 15 is 0 Å². The maximum Gasteiger partial charge on any atom is 0.205 e. The normalized spacial score (nSPS) is 17.3. The van der Waals surface area contributed by atoms with E-state index in [1.54, 1.807) is 7.11 Å². The second kappa shape index (κ2) is 8.32. The molecule has 0 radical (unpaired) electrons. The molecule has 4 heteroatoms. The van der Waals surface area contributed by atoms with E-state index in [0.717, 1.165) is 12.8 Å². The molecule has 1 unspecified atom stereocenters. The number of unbranched alkanes of at least 4 members (excludes halogenated alkanes) is 2. The Kier molecular flexibility index (Phi) is 8.40. The highest BCUT2D eigenvalue weighted by Gasteiger charge is 2.24. The minimum absolute atomic E-state index is 0.0854. The topological polar surface area (TPSA) is 35.5 Å². The molecule has 0 saturated heterocycles. The van der Waals surface area contributed by atoms with E-state index in [9.17, 15) is 4.57 Å². The number of ether oxygens (including phenoxy) is 1. The summed E-state index contributed by atoms with van der Waals surface area (Å²) >= 11 is 0. The van der Waals surface area contributed by atoms with E-state index < -0.39 is 7.37 Å². The van der Waals surface area contributed by atoms with Crippen molar-refractivity contribution in [1.29, 1.82) is 0 Å². The monoisotopic (exact) mass is 236 g/mol. The third-order valence-corrected chi connectivity index (χ3v) is 5.35. The molecule has 0 aliphatic rings. The van der Waals surface area contributed by atoms with Crippen LogP contribution in [0.3, 0.4) is 0 Å². The van der Waals surface area contributed by atoms with Gasteiger partial charge in [-0.15, -0.1) is 0 Å². The molecule has 92 valence electrons. The molecule has 15 heavy (non-hydrogen) atoms. The Bertz CT molecular complexity index is 186. The summed E-state index contributed by atoms with van der Waals surface area (Å²) < 4.78 is 22.5. The minimum atomic E-state index is -2.43. The molecule has 0 bridgehead atoms. The zero-order valence-corrected chi connectivity index (χ0v) is 11.4. The first-order valence-corrected chi connectivity index (χ1v) is 7.78. The van der Waals surface area contributed by atoms with Crippen molar-refractivity contribution in [1.82, 2.24) is 0 Å². The molecule has 0 aromatic carbocycles. The highest BCUT2D eigenvalue weighted by Crippen LogP contribution is 2.46. The van der Waals surface area contributed by atoms with Crippen molar-refractivity contribution in [2.75, 3.05) is 26.5 Å². The van der Waals surface area contributed by atoms with Crippen LogP contribution in [0.4, 0.5) is 0 Å². The van der Waals surface area contributed by atoms with Crippen LogP contribution in [0.15, 0.2) is 0 Å². The molecule has 0 aliphatic heterocycles. The summed E-state index contributed by atoms with van der Waals surface area (Å²) in [6.07, 6.45) is 5.77. The van der Waals surface area contributed by atoms with Crippen molar-refractivity contribution in [3.8, 4) is 0 Å². The summed E-state index contributed by atoms with van der Waals surface area (Å²) in [6, 6.07) is 0. The largest absolute Gasteiger partial charge is 0.381 e. The predicted molar refractivity (Wildman–Crippen MR) is 65.0 cm³/mol. The first kappa shape index (κ1) is 15.2. The van der Waals surface area contributed by atoms with Gasteiger partial charge in [-0.25, -0.2) is 0 Å². The summed E-state index contributed by atoms with van der Waals surface area (Å²) in [5.41, 5.74) is 0. The van der Waals surface area contributed by atoms with Gasteiger partial charge < -0.3 is 9.26 Å². The third kappa shape index (κ3) is 6.34.